The zero-order valence-electron chi connectivity index (χ0n) is 14.3. The molecule has 0 aliphatic rings. The molecule has 0 aliphatic carbocycles. The van der Waals surface area contributed by atoms with E-state index in [9.17, 15) is 13.2 Å². The van der Waals surface area contributed by atoms with Crippen LogP contribution in [0.1, 0.15) is 17.5 Å². The summed E-state index contributed by atoms with van der Waals surface area (Å²) in [5.41, 5.74) is 8.94. The molecule has 0 fully saturated rings. The summed E-state index contributed by atoms with van der Waals surface area (Å²) >= 11 is 0. The van der Waals surface area contributed by atoms with Gasteiger partial charge in [0.2, 0.25) is 0 Å². The van der Waals surface area contributed by atoms with Crippen molar-refractivity contribution >= 4 is 0 Å². The first-order valence-electron chi connectivity index (χ1n) is 8.28. The molecule has 0 saturated carbocycles. The molecule has 7 heteroatoms. The maximum absolute atomic E-state index is 13.7. The van der Waals surface area contributed by atoms with E-state index in [4.69, 9.17) is 5.73 Å². The highest BCUT2D eigenvalue weighted by Gasteiger charge is 2.13. The number of aromatic nitrogens is 3. The Morgan fingerprint density at radius 1 is 1.08 bits per heavy atom. The first kappa shape index (κ1) is 18.1. The normalized spacial score (nSPS) is 12.3. The molecule has 0 radical (unpaired) electrons. The SMILES string of the molecule is Cc1cccc(-c2cn(CC[C@H](N)Cc3cc(F)c(F)cc3F)nn2)c1. The molecule has 4 nitrogen and oxygen atoms in total. The minimum Gasteiger partial charge on any atom is -0.327 e. The summed E-state index contributed by atoms with van der Waals surface area (Å²) in [5.74, 6) is -3.07. The molecule has 1 atom stereocenters. The summed E-state index contributed by atoms with van der Waals surface area (Å²) in [6.45, 7) is 2.50. The Hall–Kier alpha value is -2.67. The number of benzene rings is 2. The van der Waals surface area contributed by atoms with Gasteiger partial charge < -0.3 is 5.73 Å². The summed E-state index contributed by atoms with van der Waals surface area (Å²) in [6.07, 6.45) is 2.43. The molecule has 1 aromatic heterocycles. The average Bonchev–Trinajstić information content (AvgIpc) is 3.07. The smallest absolute Gasteiger partial charge is 0.161 e. The van der Waals surface area contributed by atoms with Gasteiger partial charge in [-0.25, -0.2) is 13.2 Å². The van der Waals surface area contributed by atoms with E-state index in [1.807, 2.05) is 37.4 Å². The first-order valence-corrected chi connectivity index (χ1v) is 8.28. The molecule has 0 amide bonds. The molecular weight excluding hydrogens is 341 g/mol. The Balaban J connectivity index is 1.60. The van der Waals surface area contributed by atoms with Crippen LogP contribution in [0.2, 0.25) is 0 Å². The van der Waals surface area contributed by atoms with E-state index in [1.54, 1.807) is 4.68 Å². The lowest BCUT2D eigenvalue weighted by atomic mass is 10.0. The van der Waals surface area contributed by atoms with E-state index < -0.39 is 23.5 Å². The van der Waals surface area contributed by atoms with Crippen LogP contribution in [0.15, 0.2) is 42.6 Å². The first-order chi connectivity index (χ1) is 12.4. The summed E-state index contributed by atoms with van der Waals surface area (Å²) in [5, 5.41) is 8.22. The van der Waals surface area contributed by atoms with Crippen molar-refractivity contribution in [3.8, 4) is 11.3 Å². The molecule has 1 heterocycles. The van der Waals surface area contributed by atoms with Crippen molar-refractivity contribution in [2.45, 2.75) is 32.4 Å². The second-order valence-corrected chi connectivity index (χ2v) is 6.35. The topological polar surface area (TPSA) is 56.7 Å². The average molecular weight is 360 g/mol. The van der Waals surface area contributed by atoms with Crippen molar-refractivity contribution < 1.29 is 13.2 Å². The van der Waals surface area contributed by atoms with Gasteiger partial charge in [0.1, 0.15) is 11.5 Å². The third-order valence-corrected chi connectivity index (χ3v) is 4.15. The molecule has 26 heavy (non-hydrogen) atoms. The predicted octanol–water partition coefficient (Wildman–Crippen LogP) is 3.63. The van der Waals surface area contributed by atoms with Crippen molar-refractivity contribution in [2.75, 3.05) is 0 Å². The van der Waals surface area contributed by atoms with Gasteiger partial charge in [0.05, 0.1) is 6.20 Å². The second kappa shape index (κ2) is 7.70. The number of aryl methyl sites for hydroxylation is 2. The van der Waals surface area contributed by atoms with Gasteiger partial charge in [-0.05, 0) is 37.5 Å². The number of halogens is 3. The molecule has 3 aromatic rings. The van der Waals surface area contributed by atoms with Gasteiger partial charge in [-0.3, -0.25) is 4.68 Å². The van der Waals surface area contributed by atoms with Crippen LogP contribution in [0.25, 0.3) is 11.3 Å². The van der Waals surface area contributed by atoms with Crippen LogP contribution < -0.4 is 5.73 Å². The minimum absolute atomic E-state index is 0.0652. The molecule has 0 unspecified atom stereocenters. The quantitative estimate of drug-likeness (QED) is 0.683. The third kappa shape index (κ3) is 4.29. The van der Waals surface area contributed by atoms with Crippen LogP contribution in [0, 0.1) is 24.4 Å². The van der Waals surface area contributed by atoms with Gasteiger partial charge in [0.25, 0.3) is 0 Å². The Kier molecular flexibility index (Phi) is 5.37. The lowest BCUT2D eigenvalue weighted by molar-refractivity contribution is 0.473. The number of hydrogen-bond donors (Lipinski definition) is 1. The van der Waals surface area contributed by atoms with Crippen LogP contribution in [-0.4, -0.2) is 21.0 Å². The van der Waals surface area contributed by atoms with Crippen LogP contribution >= 0.6 is 0 Å². The van der Waals surface area contributed by atoms with Gasteiger partial charge in [0, 0.05) is 24.2 Å². The Labute approximate surface area is 149 Å². The van der Waals surface area contributed by atoms with Crippen molar-refractivity contribution in [1.82, 2.24) is 15.0 Å². The van der Waals surface area contributed by atoms with E-state index in [1.165, 1.54) is 0 Å². The van der Waals surface area contributed by atoms with Crippen molar-refractivity contribution in [3.05, 3.63) is 71.2 Å². The zero-order chi connectivity index (χ0) is 18.7. The van der Waals surface area contributed by atoms with Crippen LogP contribution in [0.3, 0.4) is 0 Å². The monoisotopic (exact) mass is 360 g/mol. The molecule has 2 N–H and O–H groups in total. The van der Waals surface area contributed by atoms with E-state index in [0.29, 0.717) is 19.0 Å². The van der Waals surface area contributed by atoms with Crippen LogP contribution in [0.4, 0.5) is 13.2 Å². The molecule has 0 saturated heterocycles. The molecule has 0 bridgehead atoms. The minimum atomic E-state index is -1.20. The van der Waals surface area contributed by atoms with E-state index in [0.717, 1.165) is 22.9 Å². The second-order valence-electron chi connectivity index (χ2n) is 6.35. The lowest BCUT2D eigenvalue weighted by Crippen LogP contribution is -2.25. The van der Waals surface area contributed by atoms with Gasteiger partial charge >= 0.3 is 0 Å². The highest BCUT2D eigenvalue weighted by atomic mass is 19.2. The van der Waals surface area contributed by atoms with Crippen LogP contribution in [-0.2, 0) is 13.0 Å². The zero-order valence-corrected chi connectivity index (χ0v) is 14.3. The Morgan fingerprint density at radius 2 is 1.85 bits per heavy atom. The number of nitrogens with two attached hydrogens (primary N) is 1. The predicted molar refractivity (Wildman–Crippen MR) is 92.8 cm³/mol. The molecule has 0 spiro atoms. The van der Waals surface area contributed by atoms with Gasteiger partial charge in [-0.15, -0.1) is 5.10 Å². The molecule has 3 rings (SSSR count). The van der Waals surface area contributed by atoms with E-state index >= 15 is 0 Å². The maximum atomic E-state index is 13.7. The van der Waals surface area contributed by atoms with Crippen molar-refractivity contribution in [2.24, 2.45) is 5.73 Å². The Bertz CT molecular complexity index is 908. The van der Waals surface area contributed by atoms with Crippen LogP contribution in [0.5, 0.6) is 0 Å². The highest BCUT2D eigenvalue weighted by molar-refractivity contribution is 5.58. The largest absolute Gasteiger partial charge is 0.327 e. The summed E-state index contributed by atoms with van der Waals surface area (Å²) < 4.78 is 41.6. The summed E-state index contributed by atoms with van der Waals surface area (Å²) in [7, 11) is 0. The highest BCUT2D eigenvalue weighted by Crippen LogP contribution is 2.18. The van der Waals surface area contributed by atoms with Gasteiger partial charge in [-0.2, -0.15) is 0 Å². The summed E-state index contributed by atoms with van der Waals surface area (Å²) in [4.78, 5) is 0. The van der Waals surface area contributed by atoms with Gasteiger partial charge in [0.15, 0.2) is 11.6 Å². The summed E-state index contributed by atoms with van der Waals surface area (Å²) in [6, 6.07) is 8.92. The number of hydrogen-bond acceptors (Lipinski definition) is 3. The molecule has 2 aromatic carbocycles. The maximum Gasteiger partial charge on any atom is 0.161 e. The third-order valence-electron chi connectivity index (χ3n) is 4.15. The van der Waals surface area contributed by atoms with E-state index in [2.05, 4.69) is 10.3 Å². The number of nitrogens with zero attached hydrogens (tertiary/aromatic N) is 3. The van der Waals surface area contributed by atoms with Crippen molar-refractivity contribution in [3.63, 3.8) is 0 Å². The Morgan fingerprint density at radius 3 is 2.62 bits per heavy atom. The standard InChI is InChI=1S/C19H19F3N4/c1-12-3-2-4-13(7-12)19-11-26(25-24-19)6-5-15(23)8-14-9-17(21)18(22)10-16(14)20/h2-4,7,9-11,15H,5-6,8,23H2,1H3/t15-/m0/s1. The molecule has 0 aliphatic heterocycles. The number of rotatable bonds is 6. The fraction of sp³-hybridized carbons (Fsp3) is 0.263. The van der Waals surface area contributed by atoms with E-state index in [-0.39, 0.29) is 12.0 Å². The fourth-order valence-electron chi connectivity index (χ4n) is 2.75. The fourth-order valence-corrected chi connectivity index (χ4v) is 2.75. The van der Waals surface area contributed by atoms with Gasteiger partial charge in [-0.1, -0.05) is 29.0 Å². The van der Waals surface area contributed by atoms with Crippen molar-refractivity contribution in [1.29, 1.82) is 0 Å². The molecular formula is C19H19F3N4. The molecule has 136 valence electrons. The lowest BCUT2D eigenvalue weighted by Gasteiger charge is -2.12.